The normalized spacial score (nSPS) is 15.1. The van der Waals surface area contributed by atoms with E-state index in [0.29, 0.717) is 11.1 Å². The zero-order chi connectivity index (χ0) is 20.9. The lowest BCUT2D eigenvalue weighted by molar-refractivity contribution is 0.256. The zero-order valence-electron chi connectivity index (χ0n) is 16.9. The topological polar surface area (TPSA) is 62.1 Å². The van der Waals surface area contributed by atoms with Gasteiger partial charge in [0.2, 0.25) is 0 Å². The van der Waals surface area contributed by atoms with Crippen molar-refractivity contribution in [3.63, 3.8) is 0 Å². The van der Waals surface area contributed by atoms with Crippen LogP contribution in [0.25, 0.3) is 11.4 Å². The second-order valence-corrected chi connectivity index (χ2v) is 8.18. The summed E-state index contributed by atoms with van der Waals surface area (Å²) in [6.07, 6.45) is 10.9. The van der Waals surface area contributed by atoms with Gasteiger partial charge in [0.1, 0.15) is 5.82 Å². The largest absolute Gasteiger partial charge is 0.394 e. The summed E-state index contributed by atoms with van der Waals surface area (Å²) in [6.45, 7) is 4.11. The Hall–Kier alpha value is -2.76. The molecular formula is C24H27ClN4O. The molecule has 6 heteroatoms. The van der Waals surface area contributed by atoms with E-state index in [4.69, 9.17) is 11.6 Å². The minimum atomic E-state index is -0.275. The maximum atomic E-state index is 9.83. The lowest BCUT2D eigenvalue weighted by Crippen LogP contribution is -2.22. The average Bonchev–Trinajstić information content (AvgIpc) is 3.44. The van der Waals surface area contributed by atoms with Crippen LogP contribution in [0.15, 0.2) is 67.6 Å². The third-order valence-corrected chi connectivity index (χ3v) is 5.81. The highest BCUT2D eigenvalue weighted by molar-refractivity contribution is 6.30. The Morgan fingerprint density at radius 3 is 2.83 bits per heavy atom. The number of nitrogens with zero attached hydrogens (tertiary/aromatic N) is 2. The van der Waals surface area contributed by atoms with Gasteiger partial charge < -0.3 is 20.3 Å². The van der Waals surface area contributed by atoms with Crippen LogP contribution in [-0.4, -0.2) is 27.3 Å². The number of hydrogen-bond acceptors (Lipinski definition) is 4. The Morgan fingerprint density at radius 1 is 1.23 bits per heavy atom. The van der Waals surface area contributed by atoms with Crippen LogP contribution in [0.2, 0.25) is 5.02 Å². The molecule has 0 unspecified atom stereocenters. The summed E-state index contributed by atoms with van der Waals surface area (Å²) in [5.41, 5.74) is 3.66. The second-order valence-electron chi connectivity index (χ2n) is 7.75. The molecule has 2 heterocycles. The SMILES string of the molecule is C=C(N[C@H](CO)c1cccc(Cl)c1)c1ccn(-c2ccnc(NC3CCCC3)c2)c1. The first-order valence-corrected chi connectivity index (χ1v) is 10.7. The summed E-state index contributed by atoms with van der Waals surface area (Å²) in [4.78, 5) is 4.47. The van der Waals surface area contributed by atoms with Crippen molar-refractivity contribution in [3.05, 3.63) is 83.8 Å². The number of halogens is 1. The van der Waals surface area contributed by atoms with Crippen LogP contribution in [-0.2, 0) is 0 Å². The maximum Gasteiger partial charge on any atom is 0.128 e. The van der Waals surface area contributed by atoms with Crippen molar-refractivity contribution in [1.82, 2.24) is 14.9 Å². The lowest BCUT2D eigenvalue weighted by atomic mass is 10.1. The van der Waals surface area contributed by atoms with Gasteiger partial charge >= 0.3 is 0 Å². The Balaban J connectivity index is 1.46. The van der Waals surface area contributed by atoms with E-state index in [0.717, 1.165) is 28.3 Å². The van der Waals surface area contributed by atoms with Gasteiger partial charge in [0.15, 0.2) is 0 Å². The predicted octanol–water partition coefficient (Wildman–Crippen LogP) is 5.17. The van der Waals surface area contributed by atoms with Gasteiger partial charge in [-0.3, -0.25) is 0 Å². The molecule has 1 saturated carbocycles. The molecule has 1 aliphatic carbocycles. The molecule has 2 aromatic heterocycles. The van der Waals surface area contributed by atoms with Crippen molar-refractivity contribution >= 4 is 23.1 Å². The molecule has 0 spiro atoms. The Morgan fingerprint density at radius 2 is 2.07 bits per heavy atom. The van der Waals surface area contributed by atoms with Crippen molar-refractivity contribution in [2.45, 2.75) is 37.8 Å². The molecule has 0 radical (unpaired) electrons. The molecule has 156 valence electrons. The van der Waals surface area contributed by atoms with Crippen molar-refractivity contribution in [1.29, 1.82) is 0 Å². The van der Waals surface area contributed by atoms with Gasteiger partial charge in [0.05, 0.1) is 18.3 Å². The maximum absolute atomic E-state index is 9.83. The van der Waals surface area contributed by atoms with Crippen LogP contribution in [0.1, 0.15) is 42.9 Å². The lowest BCUT2D eigenvalue weighted by Gasteiger charge is -2.19. The van der Waals surface area contributed by atoms with Crippen LogP contribution in [0.3, 0.4) is 0 Å². The molecule has 1 fully saturated rings. The Labute approximate surface area is 182 Å². The Bertz CT molecular complexity index is 1010. The summed E-state index contributed by atoms with van der Waals surface area (Å²) in [6, 6.07) is 13.8. The highest BCUT2D eigenvalue weighted by atomic mass is 35.5. The van der Waals surface area contributed by atoms with Crippen LogP contribution >= 0.6 is 11.6 Å². The molecule has 1 aromatic carbocycles. The molecule has 3 N–H and O–H groups in total. The van der Waals surface area contributed by atoms with E-state index >= 15 is 0 Å². The van der Waals surface area contributed by atoms with E-state index in [1.54, 1.807) is 0 Å². The number of rotatable bonds is 8. The first-order valence-electron chi connectivity index (χ1n) is 10.4. The molecule has 1 aliphatic rings. The first-order chi connectivity index (χ1) is 14.6. The number of benzene rings is 1. The van der Waals surface area contributed by atoms with Gasteiger partial charge in [-0.15, -0.1) is 0 Å². The minimum absolute atomic E-state index is 0.0549. The smallest absolute Gasteiger partial charge is 0.128 e. The van der Waals surface area contributed by atoms with Crippen molar-refractivity contribution < 1.29 is 5.11 Å². The summed E-state index contributed by atoms with van der Waals surface area (Å²) in [5, 5.41) is 17.3. The fraction of sp³-hybridized carbons (Fsp3) is 0.292. The van der Waals surface area contributed by atoms with Crippen LogP contribution < -0.4 is 10.6 Å². The number of hydrogen-bond donors (Lipinski definition) is 3. The molecule has 3 aromatic rings. The summed E-state index contributed by atoms with van der Waals surface area (Å²) in [7, 11) is 0. The summed E-state index contributed by atoms with van der Waals surface area (Å²) >= 11 is 6.09. The Kier molecular flexibility index (Phi) is 6.41. The monoisotopic (exact) mass is 422 g/mol. The molecule has 5 nitrogen and oxygen atoms in total. The number of nitrogens with one attached hydrogen (secondary N) is 2. The van der Waals surface area contributed by atoms with Gasteiger partial charge in [0, 0.05) is 47.0 Å². The van der Waals surface area contributed by atoms with Gasteiger partial charge in [-0.2, -0.15) is 0 Å². The molecule has 0 amide bonds. The van der Waals surface area contributed by atoms with Crippen LogP contribution in [0, 0.1) is 0 Å². The number of aliphatic hydroxyl groups excluding tert-OH is 1. The standard InChI is InChI=1S/C24H27ClN4O/c1-17(27-23(16-30)18-5-4-6-20(25)13-18)19-10-12-29(15-19)22-9-11-26-24(14-22)28-21-7-2-3-8-21/h4-6,9-15,21,23,27,30H,1-3,7-8,16H2,(H,26,28)/t23-/m1/s1. The average molecular weight is 423 g/mol. The van der Waals surface area contributed by atoms with Crippen LogP contribution in [0.5, 0.6) is 0 Å². The van der Waals surface area contributed by atoms with Gasteiger partial charge in [-0.05, 0) is 42.7 Å². The third-order valence-electron chi connectivity index (χ3n) is 5.57. The van der Waals surface area contributed by atoms with E-state index < -0.39 is 0 Å². The molecule has 0 saturated heterocycles. The first kappa shape index (κ1) is 20.5. The van der Waals surface area contributed by atoms with Crippen molar-refractivity contribution in [3.8, 4) is 5.69 Å². The number of anilines is 1. The van der Waals surface area contributed by atoms with E-state index in [2.05, 4.69) is 32.8 Å². The van der Waals surface area contributed by atoms with E-state index in [9.17, 15) is 5.11 Å². The molecule has 4 rings (SSSR count). The predicted molar refractivity (Wildman–Crippen MR) is 123 cm³/mol. The zero-order valence-corrected chi connectivity index (χ0v) is 17.6. The molecule has 0 bridgehead atoms. The van der Waals surface area contributed by atoms with Gasteiger partial charge in [0.25, 0.3) is 0 Å². The van der Waals surface area contributed by atoms with Gasteiger partial charge in [-0.1, -0.05) is 43.2 Å². The molecule has 30 heavy (non-hydrogen) atoms. The fourth-order valence-electron chi connectivity index (χ4n) is 3.93. The fourth-order valence-corrected chi connectivity index (χ4v) is 4.12. The van der Waals surface area contributed by atoms with Crippen molar-refractivity contribution in [2.24, 2.45) is 0 Å². The molecular weight excluding hydrogens is 396 g/mol. The van der Waals surface area contributed by atoms with E-state index in [-0.39, 0.29) is 12.6 Å². The third kappa shape index (κ3) is 4.86. The van der Waals surface area contributed by atoms with Crippen molar-refractivity contribution in [2.75, 3.05) is 11.9 Å². The van der Waals surface area contributed by atoms with E-state index in [1.807, 2.05) is 55.0 Å². The molecule has 0 aliphatic heterocycles. The summed E-state index contributed by atoms with van der Waals surface area (Å²) < 4.78 is 2.05. The quantitative estimate of drug-likeness (QED) is 0.468. The highest BCUT2D eigenvalue weighted by Gasteiger charge is 2.16. The van der Waals surface area contributed by atoms with E-state index in [1.165, 1.54) is 25.7 Å². The molecule has 1 atom stereocenters. The van der Waals surface area contributed by atoms with Crippen LogP contribution in [0.4, 0.5) is 5.82 Å². The summed E-state index contributed by atoms with van der Waals surface area (Å²) in [5.74, 6) is 0.910. The number of aromatic nitrogens is 2. The number of aliphatic hydroxyl groups is 1. The minimum Gasteiger partial charge on any atom is -0.394 e. The highest BCUT2D eigenvalue weighted by Crippen LogP contribution is 2.24. The second kappa shape index (κ2) is 9.37. The number of pyridine rings is 1. The van der Waals surface area contributed by atoms with Gasteiger partial charge in [-0.25, -0.2) is 4.98 Å².